The number of halogens is 1. The van der Waals surface area contributed by atoms with Gasteiger partial charge in [0.05, 0.1) is 163 Å². The first-order chi connectivity index (χ1) is 26.2. The van der Waals surface area contributed by atoms with E-state index >= 15 is 0 Å². The molecular formula is C36H65IO15S. The summed E-state index contributed by atoms with van der Waals surface area (Å²) in [7, 11) is -3.76. The summed E-state index contributed by atoms with van der Waals surface area (Å²) in [5, 5.41) is 0. The van der Waals surface area contributed by atoms with Crippen molar-refractivity contribution in [3.05, 3.63) is 30.3 Å². The molecule has 1 rings (SSSR count). The molecule has 0 aliphatic carbocycles. The molecule has 53 heavy (non-hydrogen) atoms. The molecule has 0 aliphatic heterocycles. The lowest BCUT2D eigenvalue weighted by molar-refractivity contribution is -0.0285. The second-order valence-corrected chi connectivity index (χ2v) is 13.7. The Bertz CT molecular complexity index is 965. The maximum atomic E-state index is 12.0. The quantitative estimate of drug-likeness (QED) is 0.0406. The third-order valence-corrected chi connectivity index (χ3v) is 8.85. The first kappa shape index (κ1) is 50.4. The third kappa shape index (κ3) is 36.8. The molecular weight excluding hydrogens is 831 g/mol. The fourth-order valence-electron chi connectivity index (χ4n) is 4.03. The Morgan fingerprint density at radius 1 is 0.340 bits per heavy atom. The first-order valence-electron chi connectivity index (χ1n) is 18.6. The van der Waals surface area contributed by atoms with Gasteiger partial charge in [-0.25, -0.2) is 0 Å². The smallest absolute Gasteiger partial charge is 0.297 e. The number of ether oxygens (including phenoxy) is 12. The summed E-state index contributed by atoms with van der Waals surface area (Å²) in [5.74, 6) is 0. The monoisotopic (exact) mass is 896 g/mol. The Hall–Kier alpha value is -0.620. The van der Waals surface area contributed by atoms with E-state index in [1.807, 2.05) is 0 Å². The van der Waals surface area contributed by atoms with Gasteiger partial charge < -0.3 is 56.8 Å². The van der Waals surface area contributed by atoms with Crippen LogP contribution in [-0.2, 0) is 71.1 Å². The van der Waals surface area contributed by atoms with Crippen LogP contribution in [0.3, 0.4) is 0 Å². The molecule has 15 nitrogen and oxygen atoms in total. The Balaban J connectivity index is 1.64. The lowest BCUT2D eigenvalue weighted by atomic mass is 10.2. The van der Waals surface area contributed by atoms with E-state index in [1.54, 1.807) is 18.2 Å². The highest BCUT2D eigenvalue weighted by atomic mass is 127. The second kappa shape index (κ2) is 41.0. The fourth-order valence-corrected chi connectivity index (χ4v) is 5.48. The molecule has 0 aromatic heterocycles. The molecule has 0 bridgehead atoms. The van der Waals surface area contributed by atoms with Crippen molar-refractivity contribution in [1.29, 1.82) is 0 Å². The fraction of sp³-hybridized carbons (Fsp3) is 0.833. The van der Waals surface area contributed by atoms with Gasteiger partial charge in [0.15, 0.2) is 0 Å². The van der Waals surface area contributed by atoms with Crippen LogP contribution in [0.1, 0.15) is 25.7 Å². The molecule has 0 heterocycles. The van der Waals surface area contributed by atoms with Gasteiger partial charge in [-0.15, -0.1) is 0 Å². The summed E-state index contributed by atoms with van der Waals surface area (Å²) in [6, 6.07) is 7.98. The number of benzene rings is 1. The van der Waals surface area contributed by atoms with Gasteiger partial charge in [0.25, 0.3) is 10.1 Å². The van der Waals surface area contributed by atoms with Gasteiger partial charge in [0.1, 0.15) is 0 Å². The lowest BCUT2D eigenvalue weighted by Gasteiger charge is -2.09. The largest absolute Gasteiger partial charge is 0.379 e. The summed E-state index contributed by atoms with van der Waals surface area (Å²) in [4.78, 5) is 0.120. The topological polar surface area (TPSA) is 154 Å². The standard InChI is InChI=1S/C36H65IO15S/c37-10-6-1-2-7-11-40-12-13-41-14-15-42-16-17-43-18-19-44-20-21-45-22-23-46-24-25-47-26-27-48-28-29-49-30-31-50-32-33-51-34-35-52-53(38,39)36-8-4-3-5-9-36/h3-5,8-9H,1-2,6-7,10-35H2. The molecule has 0 N–H and O–H groups in total. The van der Waals surface area contributed by atoms with Crippen LogP contribution in [0.5, 0.6) is 0 Å². The molecule has 0 unspecified atom stereocenters. The molecule has 0 saturated carbocycles. The molecule has 0 radical (unpaired) electrons. The molecule has 0 saturated heterocycles. The van der Waals surface area contributed by atoms with Crippen LogP contribution >= 0.6 is 22.6 Å². The summed E-state index contributed by atoms with van der Waals surface area (Å²) < 4.78 is 95.8. The van der Waals surface area contributed by atoms with E-state index < -0.39 is 10.1 Å². The molecule has 0 spiro atoms. The Labute approximate surface area is 331 Å². The molecule has 1 aromatic rings. The number of rotatable bonds is 44. The van der Waals surface area contributed by atoms with Crippen molar-refractivity contribution in [3.63, 3.8) is 0 Å². The Morgan fingerprint density at radius 3 is 0.906 bits per heavy atom. The Kier molecular flexibility index (Phi) is 39.0. The highest BCUT2D eigenvalue weighted by Gasteiger charge is 2.13. The van der Waals surface area contributed by atoms with Gasteiger partial charge in [-0.2, -0.15) is 8.42 Å². The maximum Gasteiger partial charge on any atom is 0.297 e. The van der Waals surface area contributed by atoms with Crippen LogP contribution in [0.25, 0.3) is 0 Å². The van der Waals surface area contributed by atoms with Gasteiger partial charge in [0, 0.05) is 6.61 Å². The van der Waals surface area contributed by atoms with Crippen LogP contribution in [0.4, 0.5) is 0 Å². The average Bonchev–Trinajstić information content (AvgIpc) is 3.17. The van der Waals surface area contributed by atoms with Crippen molar-refractivity contribution in [2.45, 2.75) is 30.6 Å². The van der Waals surface area contributed by atoms with Crippen molar-refractivity contribution in [1.82, 2.24) is 0 Å². The van der Waals surface area contributed by atoms with Crippen LogP contribution in [-0.4, -0.2) is 178 Å². The highest BCUT2D eigenvalue weighted by Crippen LogP contribution is 2.10. The number of hydrogen-bond acceptors (Lipinski definition) is 15. The first-order valence-corrected chi connectivity index (χ1v) is 21.5. The van der Waals surface area contributed by atoms with Gasteiger partial charge in [-0.3, -0.25) is 4.18 Å². The summed E-state index contributed by atoms with van der Waals surface area (Å²) >= 11 is 2.42. The number of hydrogen-bond donors (Lipinski definition) is 0. The van der Waals surface area contributed by atoms with Crippen LogP contribution in [0.2, 0.25) is 0 Å². The van der Waals surface area contributed by atoms with Gasteiger partial charge in [-0.05, 0) is 29.4 Å². The highest BCUT2D eigenvalue weighted by molar-refractivity contribution is 14.1. The number of alkyl halides is 1. The van der Waals surface area contributed by atoms with E-state index in [1.165, 1.54) is 35.8 Å². The van der Waals surface area contributed by atoms with Crippen molar-refractivity contribution in [2.24, 2.45) is 0 Å². The summed E-state index contributed by atoms with van der Waals surface area (Å²) in [6.45, 7) is 11.7. The SMILES string of the molecule is O=S(=O)(OCCOCCOCCOCCOCCOCCOCCOCCOCCOCCOCCOCCOCCCCCCI)c1ccccc1. The summed E-state index contributed by atoms with van der Waals surface area (Å²) in [5.41, 5.74) is 0. The summed E-state index contributed by atoms with van der Waals surface area (Å²) in [6.07, 6.45) is 4.95. The van der Waals surface area contributed by atoms with Crippen LogP contribution in [0, 0.1) is 0 Å². The molecule has 17 heteroatoms. The van der Waals surface area contributed by atoms with Crippen molar-refractivity contribution < 1.29 is 69.4 Å². The third-order valence-electron chi connectivity index (χ3n) is 6.76. The van der Waals surface area contributed by atoms with Crippen molar-refractivity contribution in [2.75, 3.05) is 170 Å². The van der Waals surface area contributed by atoms with Gasteiger partial charge in [0.2, 0.25) is 0 Å². The second-order valence-electron chi connectivity index (χ2n) is 11.0. The van der Waals surface area contributed by atoms with Crippen LogP contribution in [0.15, 0.2) is 35.2 Å². The molecule has 0 aliphatic rings. The zero-order valence-electron chi connectivity index (χ0n) is 31.5. The lowest BCUT2D eigenvalue weighted by Crippen LogP contribution is -2.16. The van der Waals surface area contributed by atoms with E-state index in [4.69, 9.17) is 61.0 Å². The average molecular weight is 897 g/mol. The van der Waals surface area contributed by atoms with E-state index in [9.17, 15) is 8.42 Å². The minimum Gasteiger partial charge on any atom is -0.379 e. The predicted octanol–water partition coefficient (Wildman–Crippen LogP) is 3.59. The van der Waals surface area contributed by atoms with Gasteiger partial charge in [-0.1, -0.05) is 53.6 Å². The number of unbranched alkanes of at least 4 members (excludes halogenated alkanes) is 3. The minimum absolute atomic E-state index is 0.0592. The van der Waals surface area contributed by atoms with E-state index in [-0.39, 0.29) is 18.1 Å². The normalized spacial score (nSPS) is 11.9. The molecule has 312 valence electrons. The van der Waals surface area contributed by atoms with Crippen molar-refractivity contribution in [3.8, 4) is 0 Å². The minimum atomic E-state index is -3.76. The van der Waals surface area contributed by atoms with Crippen molar-refractivity contribution >= 4 is 32.7 Å². The molecule has 0 amide bonds. The molecule has 1 aromatic carbocycles. The van der Waals surface area contributed by atoms with E-state index in [0.717, 1.165) is 13.0 Å². The Morgan fingerprint density at radius 2 is 0.604 bits per heavy atom. The zero-order valence-corrected chi connectivity index (χ0v) is 34.5. The van der Waals surface area contributed by atoms with E-state index in [2.05, 4.69) is 22.6 Å². The maximum absolute atomic E-state index is 12.0. The molecule has 0 atom stereocenters. The van der Waals surface area contributed by atoms with E-state index in [0.29, 0.717) is 145 Å². The van der Waals surface area contributed by atoms with Crippen LogP contribution < -0.4 is 0 Å². The molecule has 0 fully saturated rings. The van der Waals surface area contributed by atoms with Gasteiger partial charge >= 0.3 is 0 Å². The zero-order chi connectivity index (χ0) is 38.0. The predicted molar refractivity (Wildman–Crippen MR) is 207 cm³/mol.